The fourth-order valence-electron chi connectivity index (χ4n) is 2.17. The van der Waals surface area contributed by atoms with Crippen molar-refractivity contribution >= 4 is 27.7 Å². The third-order valence-corrected chi connectivity index (χ3v) is 5.39. The molecule has 0 spiro atoms. The first kappa shape index (κ1) is 12.5. The van der Waals surface area contributed by atoms with Crippen molar-refractivity contribution in [3.63, 3.8) is 0 Å². The molecule has 1 N–H and O–H groups in total. The molecule has 3 heteroatoms. The zero-order chi connectivity index (χ0) is 11.6. The monoisotopic (exact) mass is 300 g/mol. The molecule has 0 aliphatic carbocycles. The van der Waals surface area contributed by atoms with Crippen molar-refractivity contribution in [3.05, 3.63) is 34.3 Å². The third kappa shape index (κ3) is 2.82. The topological polar surface area (TPSA) is 20.2 Å². The van der Waals surface area contributed by atoms with Gasteiger partial charge in [0.15, 0.2) is 0 Å². The maximum atomic E-state index is 10.3. The minimum absolute atomic E-state index is 0.0579. The van der Waals surface area contributed by atoms with Crippen molar-refractivity contribution in [3.8, 4) is 0 Å². The molecule has 1 saturated heterocycles. The highest BCUT2D eigenvalue weighted by Crippen LogP contribution is 2.41. The second kappa shape index (κ2) is 5.11. The van der Waals surface area contributed by atoms with E-state index in [4.69, 9.17) is 0 Å². The summed E-state index contributed by atoms with van der Waals surface area (Å²) in [5.74, 6) is 1.19. The predicted molar refractivity (Wildman–Crippen MR) is 73.9 cm³/mol. The summed E-state index contributed by atoms with van der Waals surface area (Å²) < 4.78 is 1.14. The van der Waals surface area contributed by atoms with Crippen LogP contribution in [0.4, 0.5) is 0 Å². The van der Waals surface area contributed by atoms with E-state index in [-0.39, 0.29) is 10.9 Å². The molecule has 1 nitrogen and oxygen atoms in total. The van der Waals surface area contributed by atoms with Crippen LogP contribution in [0.1, 0.15) is 25.3 Å². The van der Waals surface area contributed by atoms with Gasteiger partial charge in [-0.25, -0.2) is 0 Å². The van der Waals surface area contributed by atoms with Gasteiger partial charge < -0.3 is 5.11 Å². The molecule has 2 rings (SSSR count). The Morgan fingerprint density at radius 2 is 2.38 bits per heavy atom. The SMILES string of the molecule is CC1(C(O)Cc2cccc(Br)c2)CCCS1. The van der Waals surface area contributed by atoms with Crippen LogP contribution >= 0.6 is 27.7 Å². The van der Waals surface area contributed by atoms with Gasteiger partial charge in [-0.2, -0.15) is 11.8 Å². The van der Waals surface area contributed by atoms with E-state index in [2.05, 4.69) is 35.0 Å². The molecule has 0 saturated carbocycles. The summed E-state index contributed by atoms with van der Waals surface area (Å²) >= 11 is 5.38. The van der Waals surface area contributed by atoms with Gasteiger partial charge in [0.1, 0.15) is 0 Å². The average molecular weight is 301 g/mol. The van der Waals surface area contributed by atoms with E-state index < -0.39 is 0 Å². The molecule has 1 fully saturated rings. The predicted octanol–water partition coefficient (Wildman–Crippen LogP) is 3.64. The van der Waals surface area contributed by atoms with E-state index in [1.54, 1.807) is 0 Å². The molecule has 1 heterocycles. The highest BCUT2D eigenvalue weighted by atomic mass is 79.9. The lowest BCUT2D eigenvalue weighted by molar-refractivity contribution is 0.133. The molecule has 1 aromatic rings. The third-order valence-electron chi connectivity index (χ3n) is 3.27. The number of aliphatic hydroxyl groups is 1. The van der Waals surface area contributed by atoms with Gasteiger partial charge in [-0.15, -0.1) is 0 Å². The number of benzene rings is 1. The van der Waals surface area contributed by atoms with Crippen molar-refractivity contribution in [2.24, 2.45) is 0 Å². The van der Waals surface area contributed by atoms with Crippen LogP contribution in [0.15, 0.2) is 28.7 Å². The summed E-state index contributed by atoms with van der Waals surface area (Å²) in [6.07, 6.45) is 2.88. The van der Waals surface area contributed by atoms with Crippen molar-refractivity contribution in [1.29, 1.82) is 0 Å². The lowest BCUT2D eigenvalue weighted by Crippen LogP contribution is -2.35. The Labute approximate surface area is 110 Å². The van der Waals surface area contributed by atoms with E-state index >= 15 is 0 Å². The number of hydrogen-bond acceptors (Lipinski definition) is 2. The smallest absolute Gasteiger partial charge is 0.0724 e. The van der Waals surface area contributed by atoms with Crippen LogP contribution in [0.3, 0.4) is 0 Å². The standard InChI is InChI=1S/C13H17BrOS/c1-13(6-3-7-16-13)12(15)9-10-4-2-5-11(14)8-10/h2,4-5,8,12,15H,3,6-7,9H2,1H3. The van der Waals surface area contributed by atoms with Crippen LogP contribution in [-0.4, -0.2) is 21.7 Å². The fraction of sp³-hybridized carbons (Fsp3) is 0.538. The molecule has 0 radical (unpaired) electrons. The van der Waals surface area contributed by atoms with Crippen LogP contribution in [0.25, 0.3) is 0 Å². The summed E-state index contributed by atoms with van der Waals surface area (Å²) in [5, 5.41) is 10.3. The van der Waals surface area contributed by atoms with E-state index in [0.717, 1.165) is 17.3 Å². The Balaban J connectivity index is 2.04. The summed E-state index contributed by atoms with van der Waals surface area (Å²) in [6.45, 7) is 2.19. The van der Waals surface area contributed by atoms with Gasteiger partial charge in [0.05, 0.1) is 6.10 Å². The number of thioether (sulfide) groups is 1. The molecule has 2 atom stereocenters. The van der Waals surface area contributed by atoms with Gasteiger partial charge in [-0.3, -0.25) is 0 Å². The highest BCUT2D eigenvalue weighted by molar-refractivity contribution is 9.10. The van der Waals surface area contributed by atoms with Crippen LogP contribution in [-0.2, 0) is 6.42 Å². The number of hydrogen-bond donors (Lipinski definition) is 1. The minimum atomic E-state index is -0.241. The molecule has 1 aliphatic heterocycles. The van der Waals surface area contributed by atoms with Crippen LogP contribution < -0.4 is 0 Å². The van der Waals surface area contributed by atoms with Gasteiger partial charge in [0.2, 0.25) is 0 Å². The Morgan fingerprint density at radius 3 is 3.00 bits per heavy atom. The van der Waals surface area contributed by atoms with E-state index in [9.17, 15) is 5.11 Å². The zero-order valence-corrected chi connectivity index (χ0v) is 11.9. The van der Waals surface area contributed by atoms with Crippen LogP contribution in [0.5, 0.6) is 0 Å². The Kier molecular flexibility index (Phi) is 3.98. The lowest BCUT2D eigenvalue weighted by Gasteiger charge is -2.29. The maximum absolute atomic E-state index is 10.3. The van der Waals surface area contributed by atoms with Crippen molar-refractivity contribution in [1.82, 2.24) is 0 Å². The molecule has 1 aromatic carbocycles. The average Bonchev–Trinajstić information content (AvgIpc) is 2.66. The van der Waals surface area contributed by atoms with E-state index in [1.165, 1.54) is 17.7 Å². The minimum Gasteiger partial charge on any atom is -0.391 e. The fourth-order valence-corrected chi connectivity index (χ4v) is 3.93. The number of aliphatic hydroxyl groups excluding tert-OH is 1. The first-order valence-electron chi connectivity index (χ1n) is 5.67. The van der Waals surface area contributed by atoms with Gasteiger partial charge in [-0.1, -0.05) is 28.1 Å². The van der Waals surface area contributed by atoms with Gasteiger partial charge in [0.25, 0.3) is 0 Å². The molecule has 0 aromatic heterocycles. The first-order chi connectivity index (χ1) is 7.60. The number of halogens is 1. The van der Waals surface area contributed by atoms with E-state index in [1.807, 2.05) is 23.9 Å². The molecular formula is C13H17BrOS. The molecule has 0 amide bonds. The maximum Gasteiger partial charge on any atom is 0.0724 e. The molecular weight excluding hydrogens is 284 g/mol. The van der Waals surface area contributed by atoms with E-state index in [0.29, 0.717) is 0 Å². The van der Waals surface area contributed by atoms with Gasteiger partial charge >= 0.3 is 0 Å². The summed E-state index contributed by atoms with van der Waals surface area (Å²) in [6, 6.07) is 8.21. The summed E-state index contributed by atoms with van der Waals surface area (Å²) in [4.78, 5) is 0. The summed E-state index contributed by atoms with van der Waals surface area (Å²) in [7, 11) is 0. The normalized spacial score (nSPS) is 26.9. The molecule has 88 valence electrons. The second-order valence-electron chi connectivity index (χ2n) is 4.61. The molecule has 1 aliphatic rings. The highest BCUT2D eigenvalue weighted by Gasteiger charge is 2.36. The quantitative estimate of drug-likeness (QED) is 0.920. The Morgan fingerprint density at radius 1 is 1.56 bits per heavy atom. The summed E-state index contributed by atoms with van der Waals surface area (Å²) in [5.41, 5.74) is 1.20. The Hall–Kier alpha value is 0.01000. The molecule has 2 unspecified atom stereocenters. The first-order valence-corrected chi connectivity index (χ1v) is 7.44. The largest absolute Gasteiger partial charge is 0.391 e. The Bertz CT molecular complexity index is 361. The second-order valence-corrected chi connectivity index (χ2v) is 7.16. The van der Waals surface area contributed by atoms with Crippen molar-refractivity contribution in [2.75, 3.05) is 5.75 Å². The van der Waals surface area contributed by atoms with Gasteiger partial charge in [-0.05, 0) is 49.6 Å². The lowest BCUT2D eigenvalue weighted by atomic mass is 9.93. The van der Waals surface area contributed by atoms with Gasteiger partial charge in [0, 0.05) is 9.22 Å². The van der Waals surface area contributed by atoms with Crippen molar-refractivity contribution < 1.29 is 5.11 Å². The van der Waals surface area contributed by atoms with Crippen LogP contribution in [0.2, 0.25) is 0 Å². The molecule has 16 heavy (non-hydrogen) atoms. The van der Waals surface area contributed by atoms with Crippen molar-refractivity contribution in [2.45, 2.75) is 37.0 Å². The molecule has 0 bridgehead atoms. The number of rotatable bonds is 3. The van der Waals surface area contributed by atoms with Crippen LogP contribution in [0, 0.1) is 0 Å². The zero-order valence-electron chi connectivity index (χ0n) is 9.45.